The van der Waals surface area contributed by atoms with E-state index in [1.54, 1.807) is 23.1 Å². The van der Waals surface area contributed by atoms with Gasteiger partial charge in [0, 0.05) is 16.5 Å². The van der Waals surface area contributed by atoms with Crippen molar-refractivity contribution in [2.24, 2.45) is 5.41 Å². The standard InChI is InChI=1S/C17H22N2O3/c1-17(2,3)16(21)14-9-11-8-12(6-7-13(11)22-14)18-15(20)10-19(4)5/h6-9H,10H2,1-5H3,(H,18,20). The summed E-state index contributed by atoms with van der Waals surface area (Å²) < 4.78 is 5.61. The highest BCUT2D eigenvalue weighted by atomic mass is 16.3. The second kappa shape index (κ2) is 5.93. The number of fused-ring (bicyclic) bond motifs is 1. The third kappa shape index (κ3) is 3.74. The largest absolute Gasteiger partial charge is 0.453 e. The number of furan rings is 1. The lowest BCUT2D eigenvalue weighted by Crippen LogP contribution is -2.26. The maximum atomic E-state index is 12.3. The first-order chi connectivity index (χ1) is 10.2. The Kier molecular flexibility index (Phi) is 4.37. The number of ketones is 1. The lowest BCUT2D eigenvalue weighted by atomic mass is 9.89. The van der Waals surface area contributed by atoms with Crippen molar-refractivity contribution in [3.63, 3.8) is 0 Å². The summed E-state index contributed by atoms with van der Waals surface area (Å²) in [5, 5.41) is 3.63. The Bertz CT molecular complexity index is 708. The third-order valence-electron chi connectivity index (χ3n) is 3.16. The van der Waals surface area contributed by atoms with Gasteiger partial charge in [-0.3, -0.25) is 9.59 Å². The molecule has 22 heavy (non-hydrogen) atoms. The Morgan fingerprint density at radius 3 is 2.45 bits per heavy atom. The van der Waals surface area contributed by atoms with E-state index in [1.807, 2.05) is 40.9 Å². The Labute approximate surface area is 130 Å². The third-order valence-corrected chi connectivity index (χ3v) is 3.16. The summed E-state index contributed by atoms with van der Waals surface area (Å²) in [6.07, 6.45) is 0. The quantitative estimate of drug-likeness (QED) is 0.881. The van der Waals surface area contributed by atoms with Gasteiger partial charge in [-0.2, -0.15) is 0 Å². The maximum absolute atomic E-state index is 12.3. The number of rotatable bonds is 4. The average Bonchev–Trinajstić information content (AvgIpc) is 2.78. The summed E-state index contributed by atoms with van der Waals surface area (Å²) in [5.41, 5.74) is 0.838. The van der Waals surface area contributed by atoms with E-state index in [4.69, 9.17) is 4.42 Å². The lowest BCUT2D eigenvalue weighted by molar-refractivity contribution is -0.116. The minimum absolute atomic E-state index is 0.0399. The first-order valence-corrected chi connectivity index (χ1v) is 7.20. The Balaban J connectivity index is 2.24. The molecule has 118 valence electrons. The zero-order valence-corrected chi connectivity index (χ0v) is 13.7. The Morgan fingerprint density at radius 2 is 1.86 bits per heavy atom. The zero-order valence-electron chi connectivity index (χ0n) is 13.7. The number of anilines is 1. The second-order valence-electron chi connectivity index (χ2n) is 6.73. The molecular weight excluding hydrogens is 280 g/mol. The van der Waals surface area contributed by atoms with Crippen LogP contribution in [-0.4, -0.2) is 37.2 Å². The molecule has 0 bridgehead atoms. The molecular formula is C17H22N2O3. The SMILES string of the molecule is CN(C)CC(=O)Nc1ccc2oc(C(=O)C(C)(C)C)cc2c1. The normalized spacial score (nSPS) is 11.9. The highest BCUT2D eigenvalue weighted by Gasteiger charge is 2.26. The molecule has 0 radical (unpaired) electrons. The van der Waals surface area contributed by atoms with Crippen LogP contribution in [0.2, 0.25) is 0 Å². The van der Waals surface area contributed by atoms with Crippen LogP contribution in [0.3, 0.4) is 0 Å². The molecule has 0 saturated carbocycles. The summed E-state index contributed by atoms with van der Waals surface area (Å²) in [6.45, 7) is 5.89. The number of nitrogens with zero attached hydrogens (tertiary/aromatic N) is 1. The van der Waals surface area contributed by atoms with Gasteiger partial charge in [-0.15, -0.1) is 0 Å². The molecule has 0 unspecified atom stereocenters. The number of hydrogen-bond donors (Lipinski definition) is 1. The number of likely N-dealkylation sites (N-methyl/N-ethyl adjacent to an activating group) is 1. The number of hydrogen-bond acceptors (Lipinski definition) is 4. The molecule has 0 fully saturated rings. The van der Waals surface area contributed by atoms with E-state index in [9.17, 15) is 9.59 Å². The number of amides is 1. The number of carbonyl (C=O) groups is 2. The lowest BCUT2D eigenvalue weighted by Gasteiger charge is -2.13. The fraction of sp³-hybridized carbons (Fsp3) is 0.412. The molecule has 1 heterocycles. The molecule has 5 heteroatoms. The molecule has 0 aliphatic carbocycles. The molecule has 0 saturated heterocycles. The van der Waals surface area contributed by atoms with Crippen molar-refractivity contribution >= 4 is 28.3 Å². The summed E-state index contributed by atoms with van der Waals surface area (Å²) in [4.78, 5) is 25.8. The van der Waals surface area contributed by atoms with Gasteiger partial charge in [0.05, 0.1) is 6.54 Å². The number of carbonyl (C=O) groups excluding carboxylic acids is 2. The average molecular weight is 302 g/mol. The van der Waals surface area contributed by atoms with Crippen LogP contribution < -0.4 is 5.32 Å². The molecule has 0 aliphatic heterocycles. The van der Waals surface area contributed by atoms with Crippen LogP contribution in [0.5, 0.6) is 0 Å². The Hall–Kier alpha value is -2.14. The molecule has 0 aliphatic rings. The van der Waals surface area contributed by atoms with Gasteiger partial charge in [0.2, 0.25) is 11.7 Å². The van der Waals surface area contributed by atoms with Gasteiger partial charge >= 0.3 is 0 Å². The molecule has 5 nitrogen and oxygen atoms in total. The van der Waals surface area contributed by atoms with E-state index >= 15 is 0 Å². The number of benzene rings is 1. The van der Waals surface area contributed by atoms with Gasteiger partial charge in [0.1, 0.15) is 5.58 Å². The summed E-state index contributed by atoms with van der Waals surface area (Å²) >= 11 is 0. The molecule has 1 amide bonds. The van der Waals surface area contributed by atoms with Crippen molar-refractivity contribution in [1.82, 2.24) is 4.90 Å². The van der Waals surface area contributed by atoms with Crippen LogP contribution in [0.15, 0.2) is 28.7 Å². The van der Waals surface area contributed by atoms with Crippen LogP contribution in [0.4, 0.5) is 5.69 Å². The predicted molar refractivity (Wildman–Crippen MR) is 87.2 cm³/mol. The van der Waals surface area contributed by atoms with E-state index in [1.165, 1.54) is 0 Å². The summed E-state index contributed by atoms with van der Waals surface area (Å²) in [5.74, 6) is 0.222. The first-order valence-electron chi connectivity index (χ1n) is 7.20. The highest BCUT2D eigenvalue weighted by molar-refractivity contribution is 6.01. The fourth-order valence-electron chi connectivity index (χ4n) is 2.09. The molecule has 1 N–H and O–H groups in total. The van der Waals surface area contributed by atoms with Gasteiger partial charge in [0.15, 0.2) is 5.76 Å². The van der Waals surface area contributed by atoms with Crippen LogP contribution in [0.25, 0.3) is 11.0 Å². The minimum Gasteiger partial charge on any atom is -0.453 e. The van der Waals surface area contributed by atoms with Gasteiger partial charge in [-0.05, 0) is 38.4 Å². The predicted octanol–water partition coefficient (Wildman–Crippen LogP) is 3.16. The van der Waals surface area contributed by atoms with Gasteiger partial charge in [-0.1, -0.05) is 20.8 Å². The van der Waals surface area contributed by atoms with Crippen molar-refractivity contribution in [1.29, 1.82) is 0 Å². The van der Waals surface area contributed by atoms with Gasteiger partial charge in [0.25, 0.3) is 0 Å². The first kappa shape index (κ1) is 16.2. The van der Waals surface area contributed by atoms with E-state index < -0.39 is 5.41 Å². The molecule has 2 aromatic rings. The molecule has 2 rings (SSSR count). The van der Waals surface area contributed by atoms with Crippen molar-refractivity contribution < 1.29 is 14.0 Å². The van der Waals surface area contributed by atoms with E-state index in [2.05, 4.69) is 5.32 Å². The van der Waals surface area contributed by atoms with E-state index in [0.717, 1.165) is 5.39 Å². The monoisotopic (exact) mass is 302 g/mol. The maximum Gasteiger partial charge on any atom is 0.238 e. The highest BCUT2D eigenvalue weighted by Crippen LogP contribution is 2.28. The van der Waals surface area contributed by atoms with Crippen LogP contribution in [-0.2, 0) is 4.79 Å². The van der Waals surface area contributed by atoms with Gasteiger partial charge < -0.3 is 14.6 Å². The van der Waals surface area contributed by atoms with E-state index in [-0.39, 0.29) is 11.7 Å². The van der Waals surface area contributed by atoms with Crippen molar-refractivity contribution in [3.8, 4) is 0 Å². The van der Waals surface area contributed by atoms with Crippen molar-refractivity contribution in [2.45, 2.75) is 20.8 Å². The van der Waals surface area contributed by atoms with Crippen LogP contribution in [0, 0.1) is 5.41 Å². The van der Waals surface area contributed by atoms with Crippen molar-refractivity contribution in [3.05, 3.63) is 30.0 Å². The van der Waals surface area contributed by atoms with Gasteiger partial charge in [-0.25, -0.2) is 0 Å². The summed E-state index contributed by atoms with van der Waals surface area (Å²) in [7, 11) is 3.67. The van der Waals surface area contributed by atoms with E-state index in [0.29, 0.717) is 23.6 Å². The number of Topliss-reactive ketones (excluding diaryl/α,β-unsaturated/α-hetero) is 1. The topological polar surface area (TPSA) is 62.6 Å². The molecule has 1 aromatic carbocycles. The zero-order chi connectivity index (χ0) is 16.5. The molecule has 1 aromatic heterocycles. The number of nitrogens with one attached hydrogen (secondary N) is 1. The fourth-order valence-corrected chi connectivity index (χ4v) is 2.09. The molecule has 0 atom stereocenters. The minimum atomic E-state index is -0.489. The van der Waals surface area contributed by atoms with Crippen LogP contribution in [0.1, 0.15) is 31.3 Å². The van der Waals surface area contributed by atoms with Crippen LogP contribution >= 0.6 is 0 Å². The van der Waals surface area contributed by atoms with Crippen molar-refractivity contribution in [2.75, 3.05) is 26.0 Å². The molecule has 0 spiro atoms. The smallest absolute Gasteiger partial charge is 0.238 e. The second-order valence-corrected chi connectivity index (χ2v) is 6.73. The summed E-state index contributed by atoms with van der Waals surface area (Å²) in [6, 6.07) is 7.07. The Morgan fingerprint density at radius 1 is 1.18 bits per heavy atom.